The summed E-state index contributed by atoms with van der Waals surface area (Å²) in [5.74, 6) is 3.42. The SMILES string of the molecule is c1ccc(-n2c3ccccc3c3cc(N(c4ccc(-c5ccc6c(c5)-c5ccccc5-c5ccccc5O6)cc4)c4ccc5c(c4)-c4ccccc4Oc4ccccc4-5)ccc32)cc1. The molecule has 13 rings (SSSR count). The van der Waals surface area contributed by atoms with Gasteiger partial charge in [0.1, 0.15) is 23.0 Å². The number of anilines is 3. The monoisotopic (exact) mass is 818 g/mol. The summed E-state index contributed by atoms with van der Waals surface area (Å²) < 4.78 is 15.5. The molecule has 0 spiro atoms. The van der Waals surface area contributed by atoms with Gasteiger partial charge in [0.25, 0.3) is 0 Å². The van der Waals surface area contributed by atoms with Crippen molar-refractivity contribution >= 4 is 38.9 Å². The third-order valence-electron chi connectivity index (χ3n) is 12.8. The molecule has 4 nitrogen and oxygen atoms in total. The quantitative estimate of drug-likeness (QED) is 0.173. The van der Waals surface area contributed by atoms with E-state index in [2.05, 4.69) is 216 Å². The fourth-order valence-electron chi connectivity index (χ4n) is 9.87. The lowest BCUT2D eigenvalue weighted by Crippen LogP contribution is -2.10. The van der Waals surface area contributed by atoms with Gasteiger partial charge in [0.2, 0.25) is 0 Å². The minimum Gasteiger partial charge on any atom is -0.456 e. The maximum atomic E-state index is 6.59. The number of aromatic nitrogens is 1. The lowest BCUT2D eigenvalue weighted by atomic mass is 9.92. The van der Waals surface area contributed by atoms with Crippen molar-refractivity contribution < 1.29 is 9.47 Å². The van der Waals surface area contributed by atoms with E-state index in [1.165, 1.54) is 21.9 Å². The molecule has 0 N–H and O–H groups in total. The Kier molecular flexibility index (Phi) is 8.18. The summed E-state index contributed by atoms with van der Waals surface area (Å²) in [6.45, 7) is 0. The van der Waals surface area contributed by atoms with Crippen molar-refractivity contribution in [1.29, 1.82) is 0 Å². The van der Waals surface area contributed by atoms with Crippen LogP contribution in [0.1, 0.15) is 0 Å². The smallest absolute Gasteiger partial charge is 0.135 e. The van der Waals surface area contributed by atoms with Crippen LogP contribution >= 0.6 is 0 Å². The van der Waals surface area contributed by atoms with Gasteiger partial charge in [0.15, 0.2) is 0 Å². The third kappa shape index (κ3) is 5.77. The third-order valence-corrected chi connectivity index (χ3v) is 12.8. The molecule has 0 aliphatic carbocycles. The van der Waals surface area contributed by atoms with Crippen molar-refractivity contribution in [2.24, 2.45) is 0 Å². The number of rotatable bonds is 5. The Hall–Kier alpha value is -8.60. The van der Waals surface area contributed by atoms with Crippen molar-refractivity contribution in [2.45, 2.75) is 0 Å². The van der Waals surface area contributed by atoms with Crippen molar-refractivity contribution in [2.75, 3.05) is 4.90 Å². The molecule has 0 saturated carbocycles. The Labute approximate surface area is 371 Å². The second-order valence-electron chi connectivity index (χ2n) is 16.5. The van der Waals surface area contributed by atoms with E-state index in [1.807, 2.05) is 24.3 Å². The maximum absolute atomic E-state index is 6.59. The molecule has 11 aromatic rings. The van der Waals surface area contributed by atoms with Crippen LogP contribution in [0.2, 0.25) is 0 Å². The fraction of sp³-hybridized carbons (Fsp3) is 0. The Bertz CT molecular complexity index is 3620. The normalized spacial score (nSPS) is 12.0. The zero-order chi connectivity index (χ0) is 42.1. The van der Waals surface area contributed by atoms with Gasteiger partial charge in [0, 0.05) is 55.8 Å². The molecule has 64 heavy (non-hydrogen) atoms. The number of hydrogen-bond donors (Lipinski definition) is 0. The molecule has 3 heterocycles. The van der Waals surface area contributed by atoms with Gasteiger partial charge in [-0.25, -0.2) is 0 Å². The van der Waals surface area contributed by atoms with Crippen molar-refractivity contribution in [1.82, 2.24) is 4.57 Å². The van der Waals surface area contributed by atoms with Gasteiger partial charge in [-0.15, -0.1) is 0 Å². The fourth-order valence-corrected chi connectivity index (χ4v) is 9.87. The van der Waals surface area contributed by atoms with Crippen molar-refractivity contribution in [3.63, 3.8) is 0 Å². The zero-order valence-corrected chi connectivity index (χ0v) is 34.7. The highest BCUT2D eigenvalue weighted by atomic mass is 16.5. The van der Waals surface area contributed by atoms with E-state index in [1.54, 1.807) is 0 Å². The molecule has 2 aliphatic rings. The van der Waals surface area contributed by atoms with Gasteiger partial charge in [-0.05, 0) is 124 Å². The molecule has 300 valence electrons. The largest absolute Gasteiger partial charge is 0.456 e. The molecular weight excluding hydrogens is 781 g/mol. The van der Waals surface area contributed by atoms with Gasteiger partial charge in [-0.1, -0.05) is 140 Å². The summed E-state index contributed by atoms with van der Waals surface area (Å²) in [5, 5.41) is 2.40. The number of para-hydroxylation sites is 5. The van der Waals surface area contributed by atoms with Crippen LogP contribution in [0.25, 0.3) is 83.1 Å². The van der Waals surface area contributed by atoms with E-state index >= 15 is 0 Å². The van der Waals surface area contributed by atoms with Crippen LogP contribution in [0, 0.1) is 0 Å². The summed E-state index contributed by atoms with van der Waals surface area (Å²) in [5.41, 5.74) is 17.8. The average molecular weight is 819 g/mol. The average Bonchev–Trinajstić information content (AvgIpc) is 3.51. The van der Waals surface area contributed by atoms with Crippen LogP contribution in [0.15, 0.2) is 231 Å². The van der Waals surface area contributed by atoms with Crippen LogP contribution in [-0.2, 0) is 0 Å². The molecule has 0 unspecified atom stereocenters. The summed E-state index contributed by atoms with van der Waals surface area (Å²) in [4.78, 5) is 2.39. The molecule has 4 heteroatoms. The highest BCUT2D eigenvalue weighted by molar-refractivity contribution is 6.11. The summed E-state index contributed by atoms with van der Waals surface area (Å²) in [6.07, 6.45) is 0. The first kappa shape index (κ1) is 36.1. The number of fused-ring (bicyclic) bond motifs is 13. The second-order valence-corrected chi connectivity index (χ2v) is 16.5. The second kappa shape index (κ2) is 14.5. The van der Waals surface area contributed by atoms with Crippen LogP contribution < -0.4 is 14.4 Å². The standard InChI is InChI=1S/C60H38N2O2/c1-2-14-41(15-3-1)62-55-22-10-6-18-48(55)53-38-44(32-34-56(53)62)61(43-31-33-47-50-20-8-12-24-58(50)63-59-25-13-9-21-51(59)52(47)37-43)42-29-26-39(27-30-42)40-28-35-60-54(36-40)46-17-5-4-16-45(46)49-19-7-11-23-57(49)64-60/h1-38H. The van der Waals surface area contributed by atoms with E-state index in [0.29, 0.717) is 0 Å². The predicted molar refractivity (Wildman–Crippen MR) is 263 cm³/mol. The van der Waals surface area contributed by atoms with Crippen LogP contribution in [0.5, 0.6) is 23.0 Å². The molecule has 0 amide bonds. The Morgan fingerprint density at radius 1 is 0.281 bits per heavy atom. The maximum Gasteiger partial charge on any atom is 0.135 e. The van der Waals surface area contributed by atoms with Crippen LogP contribution in [0.3, 0.4) is 0 Å². The minimum atomic E-state index is 0.842. The van der Waals surface area contributed by atoms with Gasteiger partial charge in [-0.2, -0.15) is 0 Å². The lowest BCUT2D eigenvalue weighted by molar-refractivity contribution is 0.487. The van der Waals surface area contributed by atoms with Crippen LogP contribution in [-0.4, -0.2) is 4.57 Å². The number of benzene rings is 10. The molecule has 0 bridgehead atoms. The highest BCUT2D eigenvalue weighted by Crippen LogP contribution is 2.51. The molecule has 0 saturated heterocycles. The predicted octanol–water partition coefficient (Wildman–Crippen LogP) is 16.8. The summed E-state index contributed by atoms with van der Waals surface area (Å²) in [7, 11) is 0. The molecular formula is C60H38N2O2. The molecule has 0 radical (unpaired) electrons. The van der Waals surface area contributed by atoms with E-state index in [0.717, 1.165) is 101 Å². The first-order valence-corrected chi connectivity index (χ1v) is 21.7. The van der Waals surface area contributed by atoms with E-state index < -0.39 is 0 Å². The van der Waals surface area contributed by atoms with Crippen LogP contribution in [0.4, 0.5) is 17.1 Å². The Morgan fingerprint density at radius 3 is 1.47 bits per heavy atom. The van der Waals surface area contributed by atoms with Gasteiger partial charge < -0.3 is 18.9 Å². The molecule has 2 aliphatic heterocycles. The molecule has 0 atom stereocenters. The lowest BCUT2D eigenvalue weighted by Gasteiger charge is -2.27. The number of hydrogen-bond acceptors (Lipinski definition) is 3. The summed E-state index contributed by atoms with van der Waals surface area (Å²) in [6, 6.07) is 82.2. The topological polar surface area (TPSA) is 26.6 Å². The first-order chi connectivity index (χ1) is 31.7. The van der Waals surface area contributed by atoms with Crippen molar-refractivity contribution in [3.05, 3.63) is 231 Å². The van der Waals surface area contributed by atoms with E-state index in [4.69, 9.17) is 9.47 Å². The van der Waals surface area contributed by atoms with Gasteiger partial charge in [0.05, 0.1) is 11.0 Å². The Balaban J connectivity index is 0.978. The van der Waals surface area contributed by atoms with E-state index in [-0.39, 0.29) is 0 Å². The molecule has 1 aromatic heterocycles. The van der Waals surface area contributed by atoms with Crippen molar-refractivity contribution in [3.8, 4) is 84.3 Å². The van der Waals surface area contributed by atoms with Gasteiger partial charge >= 0.3 is 0 Å². The number of nitrogens with zero attached hydrogens (tertiary/aromatic N) is 2. The number of ether oxygens (including phenoxy) is 2. The minimum absolute atomic E-state index is 0.842. The molecule has 0 fully saturated rings. The zero-order valence-electron chi connectivity index (χ0n) is 34.7. The summed E-state index contributed by atoms with van der Waals surface area (Å²) >= 11 is 0. The highest BCUT2D eigenvalue weighted by Gasteiger charge is 2.25. The van der Waals surface area contributed by atoms with E-state index in [9.17, 15) is 0 Å². The first-order valence-electron chi connectivity index (χ1n) is 21.7. The Morgan fingerprint density at radius 2 is 0.766 bits per heavy atom. The van der Waals surface area contributed by atoms with Gasteiger partial charge in [-0.3, -0.25) is 0 Å². The molecule has 10 aromatic carbocycles.